The van der Waals surface area contributed by atoms with Crippen LogP contribution in [0.4, 0.5) is 5.69 Å². The summed E-state index contributed by atoms with van der Waals surface area (Å²) in [5.41, 5.74) is 2.83. The largest absolute Gasteiger partial charge is 0.480 e. The first-order valence-electron chi connectivity index (χ1n) is 13.2. The van der Waals surface area contributed by atoms with Crippen LogP contribution >= 0.6 is 0 Å². The van der Waals surface area contributed by atoms with Gasteiger partial charge in [-0.15, -0.1) is 0 Å². The summed E-state index contributed by atoms with van der Waals surface area (Å²) in [5, 5.41) is 8.96. The van der Waals surface area contributed by atoms with Crippen LogP contribution in [0.25, 0.3) is 0 Å². The Bertz CT molecular complexity index is 1090. The van der Waals surface area contributed by atoms with Crippen LogP contribution in [0.1, 0.15) is 36.8 Å². The molecule has 9 nitrogen and oxygen atoms in total. The molecule has 4 rings (SSSR count). The summed E-state index contributed by atoms with van der Waals surface area (Å²) < 4.78 is 10.4. The van der Waals surface area contributed by atoms with E-state index in [2.05, 4.69) is 17.0 Å². The molecule has 2 unspecified atom stereocenters. The highest BCUT2D eigenvalue weighted by atomic mass is 16.5. The molecule has 0 spiro atoms. The zero-order valence-electron chi connectivity index (χ0n) is 22.0. The molecule has 1 fully saturated rings. The third kappa shape index (κ3) is 7.18. The molecule has 9 heteroatoms. The number of rotatable bonds is 8. The van der Waals surface area contributed by atoms with Gasteiger partial charge in [0.15, 0.2) is 0 Å². The minimum Gasteiger partial charge on any atom is -0.480 e. The fraction of sp³-hybridized carbons (Fsp3) is 0.483. The second kappa shape index (κ2) is 13.5. The van der Waals surface area contributed by atoms with Crippen LogP contribution in [0, 0.1) is 0 Å². The Labute approximate surface area is 223 Å². The quantitative estimate of drug-likeness (QED) is 0.568. The van der Waals surface area contributed by atoms with E-state index in [0.717, 1.165) is 43.5 Å². The molecule has 0 saturated carbocycles. The average molecular weight is 524 g/mol. The third-order valence-electron chi connectivity index (χ3n) is 7.35. The topological polar surface area (TPSA) is 99.6 Å². The molecule has 2 atom stereocenters. The van der Waals surface area contributed by atoms with Crippen LogP contribution in [-0.2, 0) is 36.9 Å². The van der Waals surface area contributed by atoms with Gasteiger partial charge in [-0.1, -0.05) is 55.0 Å². The van der Waals surface area contributed by atoms with Crippen molar-refractivity contribution in [2.75, 3.05) is 44.9 Å². The number of hydrogen-bond acceptors (Lipinski definition) is 6. The van der Waals surface area contributed by atoms with Crippen molar-refractivity contribution in [1.29, 1.82) is 0 Å². The summed E-state index contributed by atoms with van der Waals surface area (Å²) >= 11 is 0. The highest BCUT2D eigenvalue weighted by Gasteiger charge is 2.35. The summed E-state index contributed by atoms with van der Waals surface area (Å²) in [6.07, 6.45) is 3.82. The number of nitrogens with zero attached hydrogens (tertiary/aromatic N) is 3. The molecule has 0 radical (unpaired) electrons. The molecule has 2 amide bonds. The normalized spacial score (nSPS) is 20.3. The summed E-state index contributed by atoms with van der Waals surface area (Å²) in [6.45, 7) is 1.24. The lowest BCUT2D eigenvalue weighted by Crippen LogP contribution is -2.52. The first-order chi connectivity index (χ1) is 18.5. The number of fused-ring (bicyclic) bond motifs is 3. The van der Waals surface area contributed by atoms with E-state index < -0.39 is 12.6 Å². The Balaban J connectivity index is 1.70. The van der Waals surface area contributed by atoms with E-state index in [1.54, 1.807) is 9.80 Å². The molecule has 0 aromatic heterocycles. The van der Waals surface area contributed by atoms with Crippen LogP contribution < -0.4 is 4.90 Å². The molecule has 204 valence electrons. The molecular weight excluding hydrogens is 486 g/mol. The van der Waals surface area contributed by atoms with Crippen molar-refractivity contribution in [3.63, 3.8) is 0 Å². The number of amides is 2. The van der Waals surface area contributed by atoms with Gasteiger partial charge in [0, 0.05) is 51.1 Å². The van der Waals surface area contributed by atoms with E-state index in [1.807, 2.05) is 42.5 Å². The second-order valence-corrected chi connectivity index (χ2v) is 9.95. The lowest BCUT2D eigenvalue weighted by atomic mass is 9.92. The van der Waals surface area contributed by atoms with Gasteiger partial charge in [0.25, 0.3) is 5.91 Å². The molecule has 2 bridgehead atoms. The maximum atomic E-state index is 13.4. The minimum absolute atomic E-state index is 0.0268. The Hall–Kier alpha value is -3.27. The van der Waals surface area contributed by atoms with E-state index in [1.165, 1.54) is 12.7 Å². The number of methoxy groups -OCH3 is 1. The Morgan fingerprint density at radius 1 is 0.895 bits per heavy atom. The van der Waals surface area contributed by atoms with E-state index >= 15 is 0 Å². The zero-order valence-corrected chi connectivity index (χ0v) is 22.0. The van der Waals surface area contributed by atoms with Crippen molar-refractivity contribution < 1.29 is 29.0 Å². The van der Waals surface area contributed by atoms with E-state index in [9.17, 15) is 14.4 Å². The molecule has 0 aliphatic carbocycles. The fourth-order valence-electron chi connectivity index (χ4n) is 5.58. The number of aliphatic carboxylic acids is 1. The molecular formula is C29H37N3O6. The van der Waals surface area contributed by atoms with Gasteiger partial charge < -0.3 is 24.4 Å². The zero-order chi connectivity index (χ0) is 26.9. The molecule has 2 aromatic rings. The first kappa shape index (κ1) is 27.8. The second-order valence-electron chi connectivity index (χ2n) is 9.95. The predicted octanol–water partition coefficient (Wildman–Crippen LogP) is 2.92. The summed E-state index contributed by atoms with van der Waals surface area (Å²) in [5.74, 6) is -1.50. The highest BCUT2D eigenvalue weighted by molar-refractivity contribution is 5.95. The highest BCUT2D eigenvalue weighted by Crippen LogP contribution is 2.31. The molecule has 38 heavy (non-hydrogen) atoms. The van der Waals surface area contributed by atoms with Crippen molar-refractivity contribution in [3.8, 4) is 0 Å². The smallest absolute Gasteiger partial charge is 0.329 e. The number of anilines is 1. The van der Waals surface area contributed by atoms with E-state index in [0.29, 0.717) is 19.6 Å². The van der Waals surface area contributed by atoms with Crippen molar-refractivity contribution in [2.45, 2.75) is 50.9 Å². The molecule has 1 N–H and O–H groups in total. The van der Waals surface area contributed by atoms with Crippen LogP contribution in [-0.4, -0.2) is 84.8 Å². The van der Waals surface area contributed by atoms with E-state index in [4.69, 9.17) is 14.6 Å². The molecule has 2 aliphatic heterocycles. The van der Waals surface area contributed by atoms with E-state index in [-0.39, 0.29) is 37.1 Å². The van der Waals surface area contributed by atoms with Crippen molar-refractivity contribution >= 4 is 23.5 Å². The van der Waals surface area contributed by atoms with Crippen LogP contribution in [0.3, 0.4) is 0 Å². The summed E-state index contributed by atoms with van der Waals surface area (Å²) in [6, 6.07) is 18.3. The monoisotopic (exact) mass is 523 g/mol. The molecule has 2 aromatic carbocycles. The Morgan fingerprint density at radius 2 is 1.63 bits per heavy atom. The molecule has 1 saturated heterocycles. The number of carboxylic acids is 1. The van der Waals surface area contributed by atoms with Gasteiger partial charge in [-0.05, 0) is 36.5 Å². The Kier molecular flexibility index (Phi) is 9.86. The maximum absolute atomic E-state index is 13.4. The molecule has 2 heterocycles. The Morgan fingerprint density at radius 3 is 2.39 bits per heavy atom. The van der Waals surface area contributed by atoms with Gasteiger partial charge in [-0.2, -0.15) is 0 Å². The van der Waals surface area contributed by atoms with Gasteiger partial charge >= 0.3 is 5.97 Å². The lowest BCUT2D eigenvalue weighted by Gasteiger charge is -2.44. The van der Waals surface area contributed by atoms with Gasteiger partial charge in [-0.25, -0.2) is 4.79 Å². The number of hydrogen-bond donors (Lipinski definition) is 1. The van der Waals surface area contributed by atoms with Crippen molar-refractivity contribution in [3.05, 3.63) is 65.7 Å². The number of benzene rings is 2. The minimum atomic E-state index is -1.11. The van der Waals surface area contributed by atoms with Gasteiger partial charge in [-0.3, -0.25) is 14.5 Å². The number of para-hydroxylation sites is 1. The third-order valence-corrected chi connectivity index (χ3v) is 7.35. The SMILES string of the molecule is COCC(=O)N1CCC2CCCC(CN(C(=O)COCC(=O)O)Cc3ccccc31)N2Cc1ccccc1. The van der Waals surface area contributed by atoms with Crippen LogP contribution in [0.15, 0.2) is 54.6 Å². The van der Waals surface area contributed by atoms with Crippen LogP contribution in [0.2, 0.25) is 0 Å². The fourth-order valence-corrected chi connectivity index (χ4v) is 5.58. The van der Waals surface area contributed by atoms with Gasteiger partial charge in [0.2, 0.25) is 5.91 Å². The first-order valence-corrected chi connectivity index (χ1v) is 13.2. The average Bonchev–Trinajstić information content (AvgIpc) is 2.91. The molecule has 2 aliphatic rings. The number of piperidine rings is 1. The standard InChI is InChI=1S/C29H37N3O6/c1-37-19-28(34)31-15-14-24-11-7-12-25(32(24)16-22-8-3-2-4-9-22)18-30(27(33)20-38-21-29(35)36)17-23-10-5-6-13-26(23)31/h2-6,8-10,13,24-25H,7,11-12,14-21H2,1H3,(H,35,36). The predicted molar refractivity (Wildman–Crippen MR) is 143 cm³/mol. The maximum Gasteiger partial charge on any atom is 0.329 e. The van der Waals surface area contributed by atoms with Gasteiger partial charge in [0.05, 0.1) is 0 Å². The number of ether oxygens (including phenoxy) is 2. The van der Waals surface area contributed by atoms with Gasteiger partial charge in [0.1, 0.15) is 19.8 Å². The van der Waals surface area contributed by atoms with Crippen LogP contribution in [0.5, 0.6) is 0 Å². The summed E-state index contributed by atoms with van der Waals surface area (Å²) in [4.78, 5) is 43.6. The summed E-state index contributed by atoms with van der Waals surface area (Å²) in [7, 11) is 1.51. The number of carbonyl (C=O) groups excluding carboxylic acids is 2. The van der Waals surface area contributed by atoms with Crippen molar-refractivity contribution in [2.24, 2.45) is 0 Å². The number of carboxylic acid groups (broad SMARTS) is 1. The number of carbonyl (C=O) groups is 3. The lowest BCUT2D eigenvalue weighted by molar-refractivity contribution is -0.146. The van der Waals surface area contributed by atoms with Crippen molar-refractivity contribution in [1.82, 2.24) is 9.80 Å².